The van der Waals surface area contributed by atoms with Crippen LogP contribution >= 0.6 is 0 Å². The Labute approximate surface area is 139 Å². The largest absolute Gasteiger partial charge is 0.468 e. The molecule has 2 unspecified atom stereocenters. The second-order valence-corrected chi connectivity index (χ2v) is 8.17. The SMILES string of the molecule is COC(=O)C(NS(=O)(=O)C1COC(C)(C)C1)c1cc(F)ccc1F. The van der Waals surface area contributed by atoms with Gasteiger partial charge in [0, 0.05) is 5.56 Å². The molecular weight excluding hydrogens is 344 g/mol. The minimum atomic E-state index is -4.03. The van der Waals surface area contributed by atoms with E-state index in [-0.39, 0.29) is 13.0 Å². The van der Waals surface area contributed by atoms with Crippen molar-refractivity contribution in [2.45, 2.75) is 37.2 Å². The van der Waals surface area contributed by atoms with E-state index in [1.807, 2.05) is 0 Å². The summed E-state index contributed by atoms with van der Waals surface area (Å²) in [4.78, 5) is 11.9. The molecule has 1 N–H and O–H groups in total. The Morgan fingerprint density at radius 2 is 2.08 bits per heavy atom. The molecule has 2 atom stereocenters. The maximum absolute atomic E-state index is 14.0. The summed E-state index contributed by atoms with van der Waals surface area (Å²) in [5.74, 6) is -2.76. The van der Waals surface area contributed by atoms with E-state index in [1.165, 1.54) is 0 Å². The molecule has 0 spiro atoms. The molecule has 6 nitrogen and oxygen atoms in total. The lowest BCUT2D eigenvalue weighted by Gasteiger charge is -2.20. The Hall–Kier alpha value is -1.58. The zero-order valence-corrected chi connectivity index (χ0v) is 14.3. The van der Waals surface area contributed by atoms with Gasteiger partial charge in [0.2, 0.25) is 10.0 Å². The number of halogens is 2. The third kappa shape index (κ3) is 4.08. The molecule has 0 aromatic heterocycles. The summed E-state index contributed by atoms with van der Waals surface area (Å²) < 4.78 is 64.4. The van der Waals surface area contributed by atoms with E-state index < -0.39 is 50.1 Å². The molecule has 0 amide bonds. The van der Waals surface area contributed by atoms with Crippen LogP contribution in [0.1, 0.15) is 31.9 Å². The van der Waals surface area contributed by atoms with Gasteiger partial charge in [-0.3, -0.25) is 0 Å². The van der Waals surface area contributed by atoms with E-state index >= 15 is 0 Å². The van der Waals surface area contributed by atoms with Gasteiger partial charge in [-0.2, -0.15) is 4.72 Å². The Kier molecular flexibility index (Phi) is 5.26. The van der Waals surface area contributed by atoms with Gasteiger partial charge in [-0.25, -0.2) is 22.0 Å². The number of rotatable bonds is 5. The summed E-state index contributed by atoms with van der Waals surface area (Å²) in [7, 11) is -3.00. The van der Waals surface area contributed by atoms with Crippen molar-refractivity contribution in [2.75, 3.05) is 13.7 Å². The predicted octanol–water partition coefficient (Wildman–Crippen LogP) is 1.67. The third-order valence-electron chi connectivity index (χ3n) is 3.81. The van der Waals surface area contributed by atoms with Gasteiger partial charge in [0.15, 0.2) is 0 Å². The molecule has 1 aliphatic heterocycles. The summed E-state index contributed by atoms with van der Waals surface area (Å²) in [6.45, 7) is 3.43. The topological polar surface area (TPSA) is 81.7 Å². The van der Waals surface area contributed by atoms with Crippen LogP contribution in [0.3, 0.4) is 0 Å². The highest BCUT2D eigenvalue weighted by atomic mass is 32.2. The maximum Gasteiger partial charge on any atom is 0.328 e. The van der Waals surface area contributed by atoms with Crippen molar-refractivity contribution in [1.29, 1.82) is 0 Å². The van der Waals surface area contributed by atoms with Gasteiger partial charge in [0.05, 0.1) is 19.3 Å². The number of hydrogen-bond acceptors (Lipinski definition) is 5. The van der Waals surface area contributed by atoms with Crippen molar-refractivity contribution in [3.8, 4) is 0 Å². The van der Waals surface area contributed by atoms with Gasteiger partial charge >= 0.3 is 5.97 Å². The normalized spacial score (nSPS) is 21.5. The smallest absolute Gasteiger partial charge is 0.328 e. The molecule has 0 saturated carbocycles. The molecule has 1 aliphatic rings. The van der Waals surface area contributed by atoms with Gasteiger partial charge in [-0.1, -0.05) is 0 Å². The molecule has 1 heterocycles. The quantitative estimate of drug-likeness (QED) is 0.805. The van der Waals surface area contributed by atoms with Crippen LogP contribution in [0.5, 0.6) is 0 Å². The predicted molar refractivity (Wildman–Crippen MR) is 81.6 cm³/mol. The number of esters is 1. The standard InChI is InChI=1S/C15H19F2NO5S/c1-15(2)7-10(8-23-15)24(20,21)18-13(14(19)22-3)11-6-9(16)4-5-12(11)17/h4-6,10,13,18H,7-8H2,1-3H3. The third-order valence-corrected chi connectivity index (χ3v) is 5.55. The lowest BCUT2D eigenvalue weighted by molar-refractivity contribution is -0.142. The molecule has 9 heteroatoms. The minimum Gasteiger partial charge on any atom is -0.468 e. The number of carbonyl (C=O) groups is 1. The summed E-state index contributed by atoms with van der Waals surface area (Å²) in [6.07, 6.45) is 0.210. The van der Waals surface area contributed by atoms with Crippen LogP contribution in [0.4, 0.5) is 8.78 Å². The number of sulfonamides is 1. The van der Waals surface area contributed by atoms with Gasteiger partial charge in [-0.15, -0.1) is 0 Å². The molecule has 24 heavy (non-hydrogen) atoms. The van der Waals surface area contributed by atoms with Crippen molar-refractivity contribution in [2.24, 2.45) is 0 Å². The van der Waals surface area contributed by atoms with Crippen LogP contribution < -0.4 is 4.72 Å². The van der Waals surface area contributed by atoms with Crippen LogP contribution in [0, 0.1) is 11.6 Å². The molecule has 134 valence electrons. The highest BCUT2D eigenvalue weighted by Crippen LogP contribution is 2.30. The summed E-state index contributed by atoms with van der Waals surface area (Å²) in [5, 5.41) is -0.906. The highest BCUT2D eigenvalue weighted by Gasteiger charge is 2.42. The molecule has 0 aliphatic carbocycles. The average Bonchev–Trinajstić information content (AvgIpc) is 2.88. The number of benzene rings is 1. The Bertz CT molecular complexity index is 735. The van der Waals surface area contributed by atoms with Crippen LogP contribution in [-0.2, 0) is 24.3 Å². The van der Waals surface area contributed by atoms with E-state index in [0.29, 0.717) is 0 Å². The summed E-state index contributed by atoms with van der Waals surface area (Å²) in [5.41, 5.74) is -1.06. The number of nitrogens with one attached hydrogen (secondary N) is 1. The average molecular weight is 363 g/mol. The fourth-order valence-corrected chi connectivity index (χ4v) is 4.15. The van der Waals surface area contributed by atoms with Crippen molar-refractivity contribution in [1.82, 2.24) is 4.72 Å². The van der Waals surface area contributed by atoms with Crippen molar-refractivity contribution in [3.05, 3.63) is 35.4 Å². The minimum absolute atomic E-state index is 0.0537. The lowest BCUT2D eigenvalue weighted by Crippen LogP contribution is -2.41. The first-order valence-electron chi connectivity index (χ1n) is 7.23. The Balaban J connectivity index is 2.33. The number of hydrogen-bond donors (Lipinski definition) is 1. The second kappa shape index (κ2) is 6.73. The number of carbonyl (C=O) groups excluding carboxylic acids is 1. The number of methoxy groups -OCH3 is 1. The fraction of sp³-hybridized carbons (Fsp3) is 0.533. The van der Waals surface area contributed by atoms with E-state index in [4.69, 9.17) is 4.74 Å². The fourth-order valence-electron chi connectivity index (χ4n) is 2.54. The van der Waals surface area contributed by atoms with E-state index in [2.05, 4.69) is 9.46 Å². The molecule has 2 rings (SSSR count). The highest BCUT2D eigenvalue weighted by molar-refractivity contribution is 7.90. The van der Waals surface area contributed by atoms with E-state index in [0.717, 1.165) is 25.3 Å². The molecule has 1 fully saturated rings. The second-order valence-electron chi connectivity index (χ2n) is 6.18. The lowest BCUT2D eigenvalue weighted by atomic mass is 10.1. The van der Waals surface area contributed by atoms with Crippen LogP contribution in [0.25, 0.3) is 0 Å². The van der Waals surface area contributed by atoms with Crippen molar-refractivity contribution in [3.63, 3.8) is 0 Å². The molecule has 0 radical (unpaired) electrons. The van der Waals surface area contributed by atoms with Gasteiger partial charge in [-0.05, 0) is 38.5 Å². The van der Waals surface area contributed by atoms with Crippen LogP contribution in [-0.4, -0.2) is 39.0 Å². The summed E-state index contributed by atoms with van der Waals surface area (Å²) >= 11 is 0. The van der Waals surface area contributed by atoms with Gasteiger partial charge < -0.3 is 9.47 Å². The first kappa shape index (κ1) is 18.8. The van der Waals surface area contributed by atoms with Gasteiger partial charge in [0.1, 0.15) is 22.9 Å². The monoisotopic (exact) mass is 363 g/mol. The molecule has 0 bridgehead atoms. The summed E-state index contributed by atoms with van der Waals surface area (Å²) in [6, 6.07) is 0.764. The number of ether oxygens (including phenoxy) is 2. The van der Waals surface area contributed by atoms with E-state index in [9.17, 15) is 22.0 Å². The first-order valence-corrected chi connectivity index (χ1v) is 8.78. The van der Waals surface area contributed by atoms with Crippen LogP contribution in [0.15, 0.2) is 18.2 Å². The zero-order chi connectivity index (χ0) is 18.1. The molecular formula is C15H19F2NO5S. The zero-order valence-electron chi connectivity index (χ0n) is 13.5. The van der Waals surface area contributed by atoms with Crippen molar-refractivity contribution >= 4 is 16.0 Å². The Morgan fingerprint density at radius 3 is 2.62 bits per heavy atom. The van der Waals surface area contributed by atoms with Crippen molar-refractivity contribution < 1.29 is 31.5 Å². The van der Waals surface area contributed by atoms with E-state index in [1.54, 1.807) is 13.8 Å². The maximum atomic E-state index is 14.0. The Morgan fingerprint density at radius 1 is 1.42 bits per heavy atom. The first-order chi connectivity index (χ1) is 11.1. The molecule has 1 aromatic rings. The van der Waals surface area contributed by atoms with Gasteiger partial charge in [0.25, 0.3) is 0 Å². The molecule has 1 aromatic carbocycles. The van der Waals surface area contributed by atoms with Crippen LogP contribution in [0.2, 0.25) is 0 Å². The molecule has 1 saturated heterocycles.